The van der Waals surface area contributed by atoms with Crippen LogP contribution in [-0.2, 0) is 4.74 Å². The highest BCUT2D eigenvalue weighted by Crippen LogP contribution is 2.03. The SMILES string of the molecule is C=CCOC(=O)NN1CC[C@@H](N)C1. The molecule has 1 atom stereocenters. The normalized spacial score (nSPS) is 22.7. The Morgan fingerprint density at radius 1 is 1.85 bits per heavy atom. The van der Waals surface area contributed by atoms with Gasteiger partial charge in [-0.2, -0.15) is 0 Å². The van der Waals surface area contributed by atoms with Crippen molar-refractivity contribution in [2.45, 2.75) is 12.5 Å². The van der Waals surface area contributed by atoms with Crippen molar-refractivity contribution in [2.75, 3.05) is 19.7 Å². The zero-order chi connectivity index (χ0) is 9.68. The average molecular weight is 185 g/mol. The lowest BCUT2D eigenvalue weighted by atomic mass is 10.3. The van der Waals surface area contributed by atoms with Crippen LogP contribution in [0.15, 0.2) is 12.7 Å². The molecule has 0 radical (unpaired) electrons. The minimum Gasteiger partial charge on any atom is -0.444 e. The topological polar surface area (TPSA) is 67.6 Å². The van der Waals surface area contributed by atoms with E-state index < -0.39 is 6.09 Å². The van der Waals surface area contributed by atoms with E-state index in [4.69, 9.17) is 10.5 Å². The van der Waals surface area contributed by atoms with E-state index in [-0.39, 0.29) is 12.6 Å². The molecule has 13 heavy (non-hydrogen) atoms. The maximum Gasteiger partial charge on any atom is 0.422 e. The molecule has 0 bridgehead atoms. The molecule has 0 unspecified atom stereocenters. The van der Waals surface area contributed by atoms with E-state index in [0.29, 0.717) is 6.54 Å². The van der Waals surface area contributed by atoms with Crippen LogP contribution in [-0.4, -0.2) is 36.8 Å². The van der Waals surface area contributed by atoms with Gasteiger partial charge in [-0.25, -0.2) is 9.80 Å². The summed E-state index contributed by atoms with van der Waals surface area (Å²) >= 11 is 0. The summed E-state index contributed by atoms with van der Waals surface area (Å²) in [6.07, 6.45) is 1.98. The third-order valence-electron chi connectivity index (χ3n) is 1.81. The highest BCUT2D eigenvalue weighted by atomic mass is 16.6. The molecule has 5 nitrogen and oxygen atoms in total. The van der Waals surface area contributed by atoms with E-state index in [1.807, 2.05) is 0 Å². The Hall–Kier alpha value is -1.07. The Morgan fingerprint density at radius 2 is 2.62 bits per heavy atom. The molecule has 0 aromatic carbocycles. The fourth-order valence-electron chi connectivity index (χ4n) is 1.18. The average Bonchev–Trinajstić information content (AvgIpc) is 2.48. The number of amides is 1. The van der Waals surface area contributed by atoms with Crippen LogP contribution in [0, 0.1) is 0 Å². The van der Waals surface area contributed by atoms with Crippen molar-refractivity contribution in [2.24, 2.45) is 5.73 Å². The van der Waals surface area contributed by atoms with Crippen molar-refractivity contribution < 1.29 is 9.53 Å². The van der Waals surface area contributed by atoms with Crippen LogP contribution in [0.25, 0.3) is 0 Å². The van der Waals surface area contributed by atoms with Crippen LogP contribution < -0.4 is 11.2 Å². The van der Waals surface area contributed by atoms with Crippen LogP contribution in [0.4, 0.5) is 4.79 Å². The van der Waals surface area contributed by atoms with Gasteiger partial charge in [-0.05, 0) is 6.42 Å². The zero-order valence-electron chi connectivity index (χ0n) is 7.53. The van der Waals surface area contributed by atoms with Crippen molar-refractivity contribution in [1.82, 2.24) is 10.4 Å². The first-order valence-electron chi connectivity index (χ1n) is 4.27. The van der Waals surface area contributed by atoms with Gasteiger partial charge in [0, 0.05) is 19.1 Å². The number of hydrogen-bond donors (Lipinski definition) is 2. The number of nitrogens with one attached hydrogen (secondary N) is 1. The van der Waals surface area contributed by atoms with Crippen molar-refractivity contribution in [3.8, 4) is 0 Å². The number of carbonyl (C=O) groups is 1. The molecule has 1 amide bonds. The van der Waals surface area contributed by atoms with Gasteiger partial charge in [-0.3, -0.25) is 5.43 Å². The molecule has 5 heteroatoms. The molecule has 1 heterocycles. The first kappa shape index (κ1) is 10.0. The summed E-state index contributed by atoms with van der Waals surface area (Å²) in [5.74, 6) is 0. The maximum absolute atomic E-state index is 11.0. The molecule has 74 valence electrons. The Balaban J connectivity index is 2.16. The van der Waals surface area contributed by atoms with E-state index >= 15 is 0 Å². The molecule has 1 aliphatic rings. The zero-order valence-corrected chi connectivity index (χ0v) is 7.53. The summed E-state index contributed by atoms with van der Waals surface area (Å²) < 4.78 is 4.74. The smallest absolute Gasteiger partial charge is 0.422 e. The van der Waals surface area contributed by atoms with Gasteiger partial charge in [0.05, 0.1) is 0 Å². The molecular weight excluding hydrogens is 170 g/mol. The van der Waals surface area contributed by atoms with Crippen LogP contribution in [0.1, 0.15) is 6.42 Å². The fourth-order valence-corrected chi connectivity index (χ4v) is 1.18. The number of carbonyl (C=O) groups excluding carboxylic acids is 1. The Morgan fingerprint density at radius 3 is 3.15 bits per heavy atom. The number of hydrazine groups is 1. The lowest BCUT2D eigenvalue weighted by Crippen LogP contribution is -2.42. The quantitative estimate of drug-likeness (QED) is 0.600. The number of hydrogen-bond acceptors (Lipinski definition) is 4. The number of ether oxygens (including phenoxy) is 1. The third kappa shape index (κ3) is 3.43. The van der Waals surface area contributed by atoms with Crippen LogP contribution in [0.2, 0.25) is 0 Å². The summed E-state index contributed by atoms with van der Waals surface area (Å²) in [7, 11) is 0. The van der Waals surface area contributed by atoms with Gasteiger partial charge < -0.3 is 10.5 Å². The number of nitrogens with zero attached hydrogens (tertiary/aromatic N) is 1. The summed E-state index contributed by atoms with van der Waals surface area (Å²) in [5.41, 5.74) is 8.24. The summed E-state index contributed by atoms with van der Waals surface area (Å²) in [4.78, 5) is 11.0. The van der Waals surface area contributed by atoms with E-state index in [1.165, 1.54) is 6.08 Å². The van der Waals surface area contributed by atoms with Gasteiger partial charge in [-0.15, -0.1) is 0 Å². The van der Waals surface area contributed by atoms with Gasteiger partial charge in [0.1, 0.15) is 6.61 Å². The van der Waals surface area contributed by atoms with Gasteiger partial charge in [0.2, 0.25) is 0 Å². The summed E-state index contributed by atoms with van der Waals surface area (Å²) in [6, 6.07) is 0.153. The second-order valence-corrected chi connectivity index (χ2v) is 2.99. The second kappa shape index (κ2) is 4.84. The lowest BCUT2D eigenvalue weighted by Gasteiger charge is -2.15. The molecular formula is C8H15N3O2. The van der Waals surface area contributed by atoms with Crippen molar-refractivity contribution in [1.29, 1.82) is 0 Å². The van der Waals surface area contributed by atoms with Gasteiger partial charge in [0.15, 0.2) is 0 Å². The summed E-state index contributed by atoms with van der Waals surface area (Å²) in [5, 5.41) is 1.76. The van der Waals surface area contributed by atoms with Crippen molar-refractivity contribution in [3.05, 3.63) is 12.7 Å². The predicted molar refractivity (Wildman–Crippen MR) is 48.8 cm³/mol. The Bertz CT molecular complexity index is 196. The first-order chi connectivity index (χ1) is 6.22. The van der Waals surface area contributed by atoms with Crippen LogP contribution in [0.5, 0.6) is 0 Å². The van der Waals surface area contributed by atoms with Gasteiger partial charge in [-0.1, -0.05) is 12.7 Å². The monoisotopic (exact) mass is 185 g/mol. The predicted octanol–water partition coefficient (Wildman–Crippen LogP) is -0.153. The molecule has 0 aliphatic carbocycles. The van der Waals surface area contributed by atoms with Crippen LogP contribution in [0.3, 0.4) is 0 Å². The highest BCUT2D eigenvalue weighted by Gasteiger charge is 2.20. The highest BCUT2D eigenvalue weighted by molar-refractivity contribution is 5.66. The maximum atomic E-state index is 11.0. The standard InChI is InChI=1S/C8H15N3O2/c1-2-5-13-8(12)10-11-4-3-7(9)6-11/h2,7H,1,3-6,9H2,(H,10,12)/t7-/m1/s1. The third-order valence-corrected chi connectivity index (χ3v) is 1.81. The van der Waals surface area contributed by atoms with E-state index in [2.05, 4.69) is 12.0 Å². The molecule has 1 fully saturated rings. The Labute approximate surface area is 77.5 Å². The molecule has 0 aromatic rings. The minimum absolute atomic E-state index is 0.153. The first-order valence-corrected chi connectivity index (χ1v) is 4.27. The molecule has 1 rings (SSSR count). The van der Waals surface area contributed by atoms with E-state index in [1.54, 1.807) is 5.01 Å². The van der Waals surface area contributed by atoms with Gasteiger partial charge in [0.25, 0.3) is 0 Å². The van der Waals surface area contributed by atoms with Crippen LogP contribution >= 0.6 is 0 Å². The fraction of sp³-hybridized carbons (Fsp3) is 0.625. The molecule has 1 saturated heterocycles. The minimum atomic E-state index is -0.450. The molecule has 0 spiro atoms. The van der Waals surface area contributed by atoms with E-state index in [0.717, 1.165) is 13.0 Å². The van der Waals surface area contributed by atoms with E-state index in [9.17, 15) is 4.79 Å². The number of nitrogens with two attached hydrogens (primary N) is 1. The summed E-state index contributed by atoms with van der Waals surface area (Å²) in [6.45, 7) is 5.13. The lowest BCUT2D eigenvalue weighted by molar-refractivity contribution is 0.123. The van der Waals surface area contributed by atoms with Gasteiger partial charge >= 0.3 is 6.09 Å². The molecule has 0 saturated carbocycles. The second-order valence-electron chi connectivity index (χ2n) is 2.99. The van der Waals surface area contributed by atoms with Crippen molar-refractivity contribution in [3.63, 3.8) is 0 Å². The van der Waals surface area contributed by atoms with Crippen molar-refractivity contribution >= 4 is 6.09 Å². The largest absolute Gasteiger partial charge is 0.444 e. The number of rotatable bonds is 3. The Kier molecular flexibility index (Phi) is 3.72. The molecule has 3 N–H and O–H groups in total. The molecule has 1 aliphatic heterocycles. The molecule has 0 aromatic heterocycles.